The first kappa shape index (κ1) is 23.8. The van der Waals surface area contributed by atoms with Crippen LogP contribution in [-0.2, 0) is 35.5 Å². The molecule has 10 heteroatoms. The van der Waals surface area contributed by atoms with E-state index in [0.29, 0.717) is 38.4 Å². The molecule has 0 unspecified atom stereocenters. The number of fused-ring (bicyclic) bond motifs is 1. The molecule has 0 saturated carbocycles. The van der Waals surface area contributed by atoms with Gasteiger partial charge < -0.3 is 14.8 Å². The van der Waals surface area contributed by atoms with Crippen molar-refractivity contribution in [3.8, 4) is 0 Å². The number of amides is 1. The Morgan fingerprint density at radius 1 is 1.00 bits per heavy atom. The molecule has 2 aromatic carbocycles. The number of rotatable bonds is 8. The molecule has 0 bridgehead atoms. The number of nitrogens with zero attached hydrogens (tertiary/aromatic N) is 2. The van der Waals surface area contributed by atoms with Crippen molar-refractivity contribution in [2.24, 2.45) is 0 Å². The summed E-state index contributed by atoms with van der Waals surface area (Å²) in [6, 6.07) is 17.4. The molecule has 0 radical (unpaired) electrons. The topological polar surface area (TPSA) is 115 Å². The molecule has 178 valence electrons. The van der Waals surface area contributed by atoms with Gasteiger partial charge in [0.15, 0.2) is 6.61 Å². The first-order valence-corrected chi connectivity index (χ1v) is 12.3. The maximum absolute atomic E-state index is 12.6. The average molecular weight is 484 g/mol. The Labute approximate surface area is 197 Å². The Morgan fingerprint density at radius 2 is 1.74 bits per heavy atom. The predicted molar refractivity (Wildman–Crippen MR) is 126 cm³/mol. The molecule has 1 fully saturated rings. The van der Waals surface area contributed by atoms with Crippen molar-refractivity contribution in [2.75, 3.05) is 38.2 Å². The SMILES string of the molecule is O=C(COC(=O)CCc1ccc2ccccc2n1)Nc1ccc(S(=O)(=O)N2CCOCC2)cc1. The summed E-state index contributed by atoms with van der Waals surface area (Å²) >= 11 is 0. The summed E-state index contributed by atoms with van der Waals surface area (Å²) in [6.45, 7) is 0.916. The van der Waals surface area contributed by atoms with Gasteiger partial charge in [-0.15, -0.1) is 0 Å². The molecular weight excluding hydrogens is 458 g/mol. The molecular formula is C24H25N3O6S. The molecule has 1 aromatic heterocycles. The van der Waals surface area contributed by atoms with E-state index in [1.165, 1.54) is 28.6 Å². The van der Waals surface area contributed by atoms with Crippen LogP contribution in [0.25, 0.3) is 10.9 Å². The third-order valence-electron chi connectivity index (χ3n) is 5.35. The van der Waals surface area contributed by atoms with Crippen LogP contribution < -0.4 is 5.32 Å². The molecule has 1 aliphatic rings. The lowest BCUT2D eigenvalue weighted by Crippen LogP contribution is -2.40. The fourth-order valence-electron chi connectivity index (χ4n) is 3.54. The average Bonchev–Trinajstić information content (AvgIpc) is 2.87. The van der Waals surface area contributed by atoms with Crippen LogP contribution in [-0.4, -0.2) is 62.5 Å². The van der Waals surface area contributed by atoms with E-state index in [4.69, 9.17) is 9.47 Å². The van der Waals surface area contributed by atoms with Crippen LogP contribution >= 0.6 is 0 Å². The summed E-state index contributed by atoms with van der Waals surface area (Å²) < 4.78 is 36.9. The third kappa shape index (κ3) is 5.96. The number of hydrogen-bond donors (Lipinski definition) is 1. The smallest absolute Gasteiger partial charge is 0.306 e. The van der Waals surface area contributed by atoms with Crippen molar-refractivity contribution in [3.05, 3.63) is 66.4 Å². The Morgan fingerprint density at radius 3 is 2.50 bits per heavy atom. The van der Waals surface area contributed by atoms with E-state index in [-0.39, 0.29) is 11.3 Å². The minimum Gasteiger partial charge on any atom is -0.456 e. The molecule has 0 spiro atoms. The minimum absolute atomic E-state index is 0.104. The number of carbonyl (C=O) groups is 2. The molecule has 1 N–H and O–H groups in total. The number of hydrogen-bond acceptors (Lipinski definition) is 7. The van der Waals surface area contributed by atoms with Gasteiger partial charge in [-0.3, -0.25) is 14.6 Å². The zero-order valence-corrected chi connectivity index (χ0v) is 19.3. The van der Waals surface area contributed by atoms with Gasteiger partial charge >= 0.3 is 5.97 Å². The summed E-state index contributed by atoms with van der Waals surface area (Å²) in [7, 11) is -3.60. The van der Waals surface area contributed by atoms with Crippen LogP contribution in [0.2, 0.25) is 0 Å². The zero-order chi connectivity index (χ0) is 24.0. The standard InChI is InChI=1S/C24H25N3O6S/c28-23(17-33-24(29)12-9-19-6-5-18-3-1-2-4-22(18)25-19)26-20-7-10-21(11-8-20)34(30,31)27-13-15-32-16-14-27/h1-8,10-11H,9,12-17H2,(H,26,28). The number of aromatic nitrogens is 1. The molecule has 0 aliphatic carbocycles. The normalized spacial score (nSPS) is 14.6. The van der Waals surface area contributed by atoms with E-state index in [1.807, 2.05) is 36.4 Å². The fraction of sp³-hybridized carbons (Fsp3) is 0.292. The van der Waals surface area contributed by atoms with Crippen molar-refractivity contribution in [1.82, 2.24) is 9.29 Å². The maximum Gasteiger partial charge on any atom is 0.306 e. The number of pyridine rings is 1. The molecule has 9 nitrogen and oxygen atoms in total. The van der Waals surface area contributed by atoms with Crippen LogP contribution in [0.3, 0.4) is 0 Å². The zero-order valence-electron chi connectivity index (χ0n) is 18.5. The maximum atomic E-state index is 12.6. The number of sulfonamides is 1. The number of benzene rings is 2. The highest BCUT2D eigenvalue weighted by Gasteiger charge is 2.26. The quantitative estimate of drug-likeness (QED) is 0.489. The van der Waals surface area contributed by atoms with Crippen molar-refractivity contribution < 1.29 is 27.5 Å². The highest BCUT2D eigenvalue weighted by atomic mass is 32.2. The van der Waals surface area contributed by atoms with Gasteiger partial charge in [-0.2, -0.15) is 4.31 Å². The van der Waals surface area contributed by atoms with Gasteiger partial charge in [-0.1, -0.05) is 24.3 Å². The van der Waals surface area contributed by atoms with E-state index in [1.54, 1.807) is 0 Å². The number of morpholine rings is 1. The summed E-state index contributed by atoms with van der Waals surface area (Å²) in [5, 5.41) is 3.62. The second-order valence-corrected chi connectivity index (χ2v) is 9.68. The van der Waals surface area contributed by atoms with Gasteiger partial charge in [0.2, 0.25) is 10.0 Å². The predicted octanol–water partition coefficient (Wildman–Crippen LogP) is 2.37. The van der Waals surface area contributed by atoms with Gasteiger partial charge in [-0.25, -0.2) is 8.42 Å². The molecule has 1 amide bonds. The van der Waals surface area contributed by atoms with Crippen LogP contribution in [0.1, 0.15) is 12.1 Å². The summed E-state index contributed by atoms with van der Waals surface area (Å²) in [6.07, 6.45) is 0.511. The van der Waals surface area contributed by atoms with Crippen molar-refractivity contribution in [2.45, 2.75) is 17.7 Å². The van der Waals surface area contributed by atoms with E-state index in [9.17, 15) is 18.0 Å². The van der Waals surface area contributed by atoms with Gasteiger partial charge in [0, 0.05) is 36.3 Å². The van der Waals surface area contributed by atoms with Crippen molar-refractivity contribution in [1.29, 1.82) is 0 Å². The van der Waals surface area contributed by atoms with Crippen LogP contribution in [0.4, 0.5) is 5.69 Å². The molecule has 34 heavy (non-hydrogen) atoms. The molecule has 1 aliphatic heterocycles. The Kier molecular flexibility index (Phi) is 7.51. The number of ether oxygens (including phenoxy) is 2. The highest BCUT2D eigenvalue weighted by molar-refractivity contribution is 7.89. The van der Waals surface area contributed by atoms with E-state index >= 15 is 0 Å². The second kappa shape index (κ2) is 10.7. The van der Waals surface area contributed by atoms with Crippen LogP contribution in [0.5, 0.6) is 0 Å². The van der Waals surface area contributed by atoms with E-state index in [2.05, 4.69) is 10.3 Å². The molecule has 3 aromatic rings. The second-order valence-electron chi connectivity index (χ2n) is 7.74. The Hall–Kier alpha value is -3.34. The lowest BCUT2D eigenvalue weighted by atomic mass is 10.1. The lowest BCUT2D eigenvalue weighted by molar-refractivity contribution is -0.147. The fourth-order valence-corrected chi connectivity index (χ4v) is 4.95. The first-order chi connectivity index (χ1) is 16.4. The molecule has 1 saturated heterocycles. The van der Waals surface area contributed by atoms with E-state index < -0.39 is 28.5 Å². The number of carbonyl (C=O) groups excluding carboxylic acids is 2. The summed E-state index contributed by atoms with van der Waals surface area (Å²) in [4.78, 5) is 28.8. The number of esters is 1. The van der Waals surface area contributed by atoms with Crippen LogP contribution in [0, 0.1) is 0 Å². The van der Waals surface area contributed by atoms with E-state index in [0.717, 1.165) is 16.6 Å². The van der Waals surface area contributed by atoms with Crippen LogP contribution in [0.15, 0.2) is 65.6 Å². The largest absolute Gasteiger partial charge is 0.456 e. The minimum atomic E-state index is -3.60. The molecule has 2 heterocycles. The van der Waals surface area contributed by atoms with Gasteiger partial charge in [0.25, 0.3) is 5.91 Å². The Bertz CT molecular complexity index is 1270. The van der Waals surface area contributed by atoms with Crippen molar-refractivity contribution in [3.63, 3.8) is 0 Å². The lowest BCUT2D eigenvalue weighted by Gasteiger charge is -2.26. The van der Waals surface area contributed by atoms with Gasteiger partial charge in [-0.05, 0) is 36.4 Å². The van der Waals surface area contributed by atoms with Gasteiger partial charge in [0.1, 0.15) is 0 Å². The Balaban J connectivity index is 1.23. The van der Waals surface area contributed by atoms with Crippen molar-refractivity contribution >= 4 is 38.5 Å². The number of nitrogens with one attached hydrogen (secondary N) is 1. The summed E-state index contributed by atoms with van der Waals surface area (Å²) in [5.41, 5.74) is 2.03. The van der Waals surface area contributed by atoms with Gasteiger partial charge in [0.05, 0.1) is 30.0 Å². The highest BCUT2D eigenvalue weighted by Crippen LogP contribution is 2.19. The monoisotopic (exact) mass is 483 g/mol. The number of para-hydroxylation sites is 1. The molecule has 4 rings (SSSR count). The number of anilines is 1. The number of aryl methyl sites for hydroxylation is 1. The third-order valence-corrected chi connectivity index (χ3v) is 7.26. The molecule has 0 atom stereocenters. The summed E-state index contributed by atoms with van der Waals surface area (Å²) in [5.74, 6) is -1.02. The first-order valence-electron chi connectivity index (χ1n) is 10.9.